The zero-order chi connectivity index (χ0) is 22.0. The number of aliphatic hydroxyl groups is 2. The van der Waals surface area contributed by atoms with Gasteiger partial charge in [0.25, 0.3) is 0 Å². The zero-order valence-electron chi connectivity index (χ0n) is 17.3. The Bertz CT molecular complexity index is 866. The maximum Gasteiger partial charge on any atom is 0.194 e. The van der Waals surface area contributed by atoms with Crippen LogP contribution in [0.2, 0.25) is 0 Å². The molecule has 0 amide bonds. The first-order valence-electron chi connectivity index (χ1n) is 10.8. The van der Waals surface area contributed by atoms with Gasteiger partial charge in [-0.1, -0.05) is 30.3 Å². The van der Waals surface area contributed by atoms with E-state index in [-0.39, 0.29) is 18.9 Å². The molecule has 1 saturated heterocycles. The van der Waals surface area contributed by atoms with E-state index in [4.69, 9.17) is 4.74 Å². The van der Waals surface area contributed by atoms with Crippen molar-refractivity contribution < 1.29 is 28.1 Å². The monoisotopic (exact) mass is 435 g/mol. The molecule has 0 radical (unpaired) electrons. The Kier molecular flexibility index (Phi) is 6.55. The van der Waals surface area contributed by atoms with Gasteiger partial charge in [-0.25, -0.2) is 13.2 Å². The first-order chi connectivity index (χ1) is 14.9. The quantitative estimate of drug-likeness (QED) is 0.697. The second-order valence-electron chi connectivity index (χ2n) is 8.78. The van der Waals surface area contributed by atoms with Crippen molar-refractivity contribution in [2.45, 2.75) is 55.8 Å². The molecule has 2 aromatic carbocycles. The summed E-state index contributed by atoms with van der Waals surface area (Å²) in [5.74, 6) is -3.97. The van der Waals surface area contributed by atoms with Crippen LogP contribution in [0.15, 0.2) is 42.5 Å². The van der Waals surface area contributed by atoms with Gasteiger partial charge in [-0.2, -0.15) is 0 Å². The van der Waals surface area contributed by atoms with E-state index < -0.39 is 29.2 Å². The largest absolute Gasteiger partial charge is 0.490 e. The molecule has 7 heteroatoms. The first kappa shape index (κ1) is 22.1. The average Bonchev–Trinajstić information content (AvgIpc) is 2.79. The Balaban J connectivity index is 1.36. The third kappa shape index (κ3) is 4.89. The van der Waals surface area contributed by atoms with E-state index in [0.29, 0.717) is 24.9 Å². The smallest absolute Gasteiger partial charge is 0.194 e. The third-order valence-corrected chi connectivity index (χ3v) is 6.72. The number of rotatable bonds is 5. The number of β-amino-alcohol motifs (C(OH)–C–C–N with tert-alkyl or cyclic N) is 1. The molecular weight excluding hydrogens is 407 g/mol. The van der Waals surface area contributed by atoms with Crippen LogP contribution in [0.5, 0.6) is 5.75 Å². The van der Waals surface area contributed by atoms with Crippen molar-refractivity contribution in [2.24, 2.45) is 0 Å². The minimum atomic E-state index is -1.57. The Labute approximate surface area is 180 Å². The maximum absolute atomic E-state index is 13.4. The Hall–Kier alpha value is -2.09. The van der Waals surface area contributed by atoms with E-state index in [1.165, 1.54) is 5.56 Å². The number of piperidine rings is 1. The number of nitrogens with zero attached hydrogens (tertiary/aromatic N) is 1. The normalized spacial score (nSPS) is 29.6. The summed E-state index contributed by atoms with van der Waals surface area (Å²) in [5, 5.41) is 21.4. The SMILES string of the molecule is O[C@H]1CCN(C2CCC(c3ccccc3)CC2)C[C@]1(O)COc1cc(F)c(F)c(F)c1. The van der Waals surface area contributed by atoms with E-state index in [1.54, 1.807) is 0 Å². The lowest BCUT2D eigenvalue weighted by Crippen LogP contribution is -2.62. The summed E-state index contributed by atoms with van der Waals surface area (Å²) >= 11 is 0. The maximum atomic E-state index is 13.4. The van der Waals surface area contributed by atoms with Gasteiger partial charge in [0.15, 0.2) is 17.5 Å². The molecule has 1 heterocycles. The van der Waals surface area contributed by atoms with Crippen molar-refractivity contribution in [2.75, 3.05) is 19.7 Å². The molecule has 2 aromatic rings. The van der Waals surface area contributed by atoms with Gasteiger partial charge in [-0.05, 0) is 43.6 Å². The zero-order valence-corrected chi connectivity index (χ0v) is 17.3. The minimum absolute atomic E-state index is 0.209. The molecule has 1 aliphatic carbocycles. The predicted octanol–water partition coefficient (Wildman–Crippen LogP) is 4.01. The molecule has 2 atom stereocenters. The van der Waals surface area contributed by atoms with Gasteiger partial charge in [0.05, 0.1) is 6.10 Å². The van der Waals surface area contributed by atoms with Crippen LogP contribution in [0.1, 0.15) is 43.6 Å². The molecule has 0 unspecified atom stereocenters. The minimum Gasteiger partial charge on any atom is -0.490 e. The highest BCUT2D eigenvalue weighted by molar-refractivity contribution is 5.25. The van der Waals surface area contributed by atoms with Gasteiger partial charge in [0, 0.05) is 31.3 Å². The van der Waals surface area contributed by atoms with Crippen LogP contribution >= 0.6 is 0 Å². The van der Waals surface area contributed by atoms with Crippen molar-refractivity contribution in [3.05, 3.63) is 65.5 Å². The average molecular weight is 435 g/mol. The fourth-order valence-corrected chi connectivity index (χ4v) is 4.87. The molecule has 31 heavy (non-hydrogen) atoms. The standard InChI is InChI=1S/C24H28F3NO3/c25-20-12-19(13-21(26)23(20)27)31-15-24(30)14-28(11-10-22(24)29)18-8-6-17(7-9-18)16-4-2-1-3-5-16/h1-5,12-13,17-18,22,29-30H,6-11,14-15H2/t17?,18?,22-,24-/m0/s1. The number of hydrogen-bond donors (Lipinski definition) is 2. The molecule has 1 saturated carbocycles. The Morgan fingerprint density at radius 2 is 1.61 bits per heavy atom. The first-order valence-corrected chi connectivity index (χ1v) is 10.8. The second-order valence-corrected chi connectivity index (χ2v) is 8.78. The van der Waals surface area contributed by atoms with Crippen molar-refractivity contribution in [1.82, 2.24) is 4.90 Å². The molecule has 168 valence electrons. The van der Waals surface area contributed by atoms with Gasteiger partial charge in [-0.3, -0.25) is 4.90 Å². The van der Waals surface area contributed by atoms with Crippen molar-refractivity contribution in [3.8, 4) is 5.75 Å². The summed E-state index contributed by atoms with van der Waals surface area (Å²) in [6.45, 7) is 0.541. The second kappa shape index (κ2) is 9.18. The molecule has 2 N–H and O–H groups in total. The highest BCUT2D eigenvalue weighted by atomic mass is 19.2. The van der Waals surface area contributed by atoms with Gasteiger partial charge in [0.1, 0.15) is 18.0 Å². The van der Waals surface area contributed by atoms with E-state index in [0.717, 1.165) is 37.8 Å². The van der Waals surface area contributed by atoms with Crippen LogP contribution in [0, 0.1) is 17.5 Å². The topological polar surface area (TPSA) is 52.9 Å². The van der Waals surface area contributed by atoms with Crippen LogP contribution in [-0.4, -0.2) is 52.6 Å². The Morgan fingerprint density at radius 3 is 2.26 bits per heavy atom. The van der Waals surface area contributed by atoms with Gasteiger partial charge in [0.2, 0.25) is 0 Å². The van der Waals surface area contributed by atoms with Crippen molar-refractivity contribution >= 4 is 0 Å². The number of hydrogen-bond acceptors (Lipinski definition) is 4. The van der Waals surface area contributed by atoms with Crippen LogP contribution in [-0.2, 0) is 0 Å². The van der Waals surface area contributed by atoms with E-state index in [1.807, 2.05) is 6.07 Å². The van der Waals surface area contributed by atoms with Crippen LogP contribution in [0.25, 0.3) is 0 Å². The summed E-state index contributed by atoms with van der Waals surface area (Å²) in [5.41, 5.74) is -0.214. The lowest BCUT2D eigenvalue weighted by molar-refractivity contribution is -0.147. The summed E-state index contributed by atoms with van der Waals surface area (Å²) in [6, 6.07) is 12.3. The lowest BCUT2D eigenvalue weighted by atomic mass is 9.80. The number of benzene rings is 2. The summed E-state index contributed by atoms with van der Waals surface area (Å²) in [6.07, 6.45) is 3.50. The van der Waals surface area contributed by atoms with Crippen molar-refractivity contribution in [3.63, 3.8) is 0 Å². The lowest BCUT2D eigenvalue weighted by Gasteiger charge is -2.46. The molecule has 0 aromatic heterocycles. The molecular formula is C24H28F3NO3. The third-order valence-electron chi connectivity index (χ3n) is 6.72. The number of halogens is 3. The molecule has 0 spiro atoms. The number of ether oxygens (including phenoxy) is 1. The van der Waals surface area contributed by atoms with Crippen molar-refractivity contribution in [1.29, 1.82) is 0 Å². The summed E-state index contributed by atoms with van der Waals surface area (Å²) in [7, 11) is 0. The van der Waals surface area contributed by atoms with Crippen LogP contribution in [0.3, 0.4) is 0 Å². The van der Waals surface area contributed by atoms with E-state index >= 15 is 0 Å². The number of aliphatic hydroxyl groups excluding tert-OH is 1. The molecule has 0 bridgehead atoms. The van der Waals surface area contributed by atoms with Gasteiger partial charge >= 0.3 is 0 Å². The van der Waals surface area contributed by atoms with Gasteiger partial charge < -0.3 is 14.9 Å². The van der Waals surface area contributed by atoms with E-state index in [2.05, 4.69) is 29.2 Å². The van der Waals surface area contributed by atoms with Crippen LogP contribution in [0.4, 0.5) is 13.2 Å². The summed E-state index contributed by atoms with van der Waals surface area (Å²) in [4.78, 5) is 2.18. The van der Waals surface area contributed by atoms with Crippen LogP contribution < -0.4 is 4.74 Å². The molecule has 4 rings (SSSR count). The molecule has 4 nitrogen and oxygen atoms in total. The Morgan fingerprint density at radius 1 is 0.968 bits per heavy atom. The highest BCUT2D eigenvalue weighted by Gasteiger charge is 2.44. The predicted molar refractivity (Wildman–Crippen MR) is 110 cm³/mol. The fraction of sp³-hybridized carbons (Fsp3) is 0.500. The molecule has 1 aliphatic heterocycles. The molecule has 2 fully saturated rings. The highest BCUT2D eigenvalue weighted by Crippen LogP contribution is 2.36. The van der Waals surface area contributed by atoms with Gasteiger partial charge in [-0.15, -0.1) is 0 Å². The van der Waals surface area contributed by atoms with E-state index in [9.17, 15) is 23.4 Å². The number of likely N-dealkylation sites (tertiary alicyclic amines) is 1. The summed E-state index contributed by atoms with van der Waals surface area (Å²) < 4.78 is 45.3. The molecule has 2 aliphatic rings. The fourth-order valence-electron chi connectivity index (χ4n) is 4.87.